The molecular formula is C24H25ClN2O5S. The van der Waals surface area contributed by atoms with Gasteiger partial charge in [0.15, 0.2) is 11.5 Å². The average Bonchev–Trinajstić information content (AvgIpc) is 2.81. The van der Waals surface area contributed by atoms with Crippen molar-refractivity contribution in [1.29, 1.82) is 0 Å². The minimum Gasteiger partial charge on any atom is -0.493 e. The second-order valence-electron chi connectivity index (χ2n) is 7.27. The van der Waals surface area contributed by atoms with Crippen LogP contribution < -0.4 is 19.1 Å². The van der Waals surface area contributed by atoms with Crippen LogP contribution in [0.15, 0.2) is 71.6 Å². The molecule has 1 amide bonds. The molecule has 0 unspecified atom stereocenters. The molecule has 0 aromatic heterocycles. The Bertz CT molecular complexity index is 1230. The van der Waals surface area contributed by atoms with Gasteiger partial charge in [0.2, 0.25) is 5.91 Å². The Morgan fingerprint density at radius 2 is 1.67 bits per heavy atom. The van der Waals surface area contributed by atoms with Crippen LogP contribution in [0.2, 0.25) is 5.02 Å². The predicted molar refractivity (Wildman–Crippen MR) is 129 cm³/mol. The first-order valence-electron chi connectivity index (χ1n) is 10.1. The van der Waals surface area contributed by atoms with E-state index in [-0.39, 0.29) is 17.2 Å². The number of carbonyl (C=O) groups is 1. The summed E-state index contributed by atoms with van der Waals surface area (Å²) in [4.78, 5) is 12.7. The highest BCUT2D eigenvalue weighted by molar-refractivity contribution is 7.92. The highest BCUT2D eigenvalue weighted by Crippen LogP contribution is 2.32. The molecule has 0 radical (unpaired) electrons. The number of anilines is 1. The van der Waals surface area contributed by atoms with E-state index in [0.29, 0.717) is 16.5 Å². The third-order valence-electron chi connectivity index (χ3n) is 4.92. The Hall–Kier alpha value is -3.23. The van der Waals surface area contributed by atoms with E-state index < -0.39 is 22.5 Å². The summed E-state index contributed by atoms with van der Waals surface area (Å²) in [5.74, 6) is 0.208. The average molecular weight is 489 g/mol. The number of methoxy groups -OCH3 is 2. The van der Waals surface area contributed by atoms with Crippen LogP contribution in [-0.4, -0.2) is 35.1 Å². The van der Waals surface area contributed by atoms with Crippen LogP contribution >= 0.6 is 11.6 Å². The molecule has 0 saturated heterocycles. The zero-order valence-electron chi connectivity index (χ0n) is 18.5. The second-order valence-corrected chi connectivity index (χ2v) is 9.57. The second kappa shape index (κ2) is 10.6. The third-order valence-corrected chi connectivity index (χ3v) is 6.94. The van der Waals surface area contributed by atoms with Gasteiger partial charge in [0, 0.05) is 17.6 Å². The summed E-state index contributed by atoms with van der Waals surface area (Å²) in [7, 11) is -1.23. The van der Waals surface area contributed by atoms with Gasteiger partial charge in [0.1, 0.15) is 6.54 Å². The molecule has 0 aliphatic carbocycles. The number of carbonyl (C=O) groups excluding carboxylic acids is 1. The first kappa shape index (κ1) is 24.4. The van der Waals surface area contributed by atoms with Gasteiger partial charge < -0.3 is 14.8 Å². The molecule has 7 nitrogen and oxygen atoms in total. The fraction of sp³-hybridized carbons (Fsp3) is 0.208. The Morgan fingerprint density at radius 3 is 2.30 bits per heavy atom. The first-order chi connectivity index (χ1) is 15.7. The molecule has 3 aromatic rings. The van der Waals surface area contributed by atoms with Crippen molar-refractivity contribution < 1.29 is 22.7 Å². The van der Waals surface area contributed by atoms with E-state index >= 15 is 0 Å². The van der Waals surface area contributed by atoms with Crippen LogP contribution in [-0.2, 0) is 21.4 Å². The first-order valence-corrected chi connectivity index (χ1v) is 11.9. The quantitative estimate of drug-likeness (QED) is 0.488. The van der Waals surface area contributed by atoms with Gasteiger partial charge in [-0.05, 0) is 48.9 Å². The van der Waals surface area contributed by atoms with Crippen molar-refractivity contribution in [3.05, 3.63) is 82.9 Å². The Labute approximate surface area is 198 Å². The predicted octanol–water partition coefficient (Wildman–Crippen LogP) is 4.18. The maximum absolute atomic E-state index is 13.6. The molecule has 0 aliphatic heterocycles. The van der Waals surface area contributed by atoms with Crippen LogP contribution in [0.1, 0.15) is 11.1 Å². The normalized spacial score (nSPS) is 11.0. The molecule has 0 fully saturated rings. The summed E-state index contributed by atoms with van der Waals surface area (Å²) >= 11 is 5.98. The summed E-state index contributed by atoms with van der Waals surface area (Å²) in [6.07, 6.45) is 0. The van der Waals surface area contributed by atoms with E-state index in [1.54, 1.807) is 24.3 Å². The number of nitrogens with zero attached hydrogens (tertiary/aromatic N) is 1. The lowest BCUT2D eigenvalue weighted by molar-refractivity contribution is -0.119. The standard InChI is InChI=1S/C24H25ClN2O5S/c1-17-5-4-6-18(13-17)15-26-24(28)16-27(20-9-7-19(25)8-10-20)33(29,30)21-11-12-22(31-2)23(14-21)32-3/h4-14H,15-16H2,1-3H3,(H,26,28). The van der Waals surface area contributed by atoms with E-state index in [2.05, 4.69) is 5.32 Å². The van der Waals surface area contributed by atoms with Crippen LogP contribution in [0.5, 0.6) is 11.5 Å². The molecule has 3 aromatic carbocycles. The largest absolute Gasteiger partial charge is 0.493 e. The van der Waals surface area contributed by atoms with Gasteiger partial charge in [0.05, 0.1) is 24.8 Å². The summed E-state index contributed by atoms with van der Waals surface area (Å²) in [6.45, 7) is 1.83. The number of aryl methyl sites for hydroxylation is 1. The molecule has 33 heavy (non-hydrogen) atoms. The number of rotatable bonds is 9. The summed E-state index contributed by atoms with van der Waals surface area (Å²) in [5.41, 5.74) is 2.30. The molecule has 0 spiro atoms. The van der Waals surface area contributed by atoms with Gasteiger partial charge >= 0.3 is 0 Å². The fourth-order valence-corrected chi connectivity index (χ4v) is 4.80. The number of halogens is 1. The SMILES string of the molecule is COc1ccc(S(=O)(=O)N(CC(=O)NCc2cccc(C)c2)c2ccc(Cl)cc2)cc1OC. The lowest BCUT2D eigenvalue weighted by atomic mass is 10.1. The highest BCUT2D eigenvalue weighted by atomic mass is 35.5. The molecular weight excluding hydrogens is 464 g/mol. The number of amides is 1. The van der Waals surface area contributed by atoms with E-state index in [1.807, 2.05) is 31.2 Å². The molecule has 0 heterocycles. The van der Waals surface area contributed by atoms with E-state index in [9.17, 15) is 13.2 Å². The lowest BCUT2D eigenvalue weighted by Crippen LogP contribution is -2.40. The number of nitrogens with one attached hydrogen (secondary N) is 1. The van der Waals surface area contributed by atoms with Crippen molar-refractivity contribution in [2.75, 3.05) is 25.1 Å². The number of ether oxygens (including phenoxy) is 2. The minimum atomic E-state index is -4.12. The zero-order valence-corrected chi connectivity index (χ0v) is 20.1. The van der Waals surface area contributed by atoms with Crippen LogP contribution in [0.3, 0.4) is 0 Å². The highest BCUT2D eigenvalue weighted by Gasteiger charge is 2.28. The van der Waals surface area contributed by atoms with Crippen LogP contribution in [0.4, 0.5) is 5.69 Å². The van der Waals surface area contributed by atoms with E-state index in [1.165, 1.54) is 32.4 Å². The number of hydrogen-bond donors (Lipinski definition) is 1. The summed E-state index contributed by atoms with van der Waals surface area (Å²) in [6, 6.07) is 18.2. The topological polar surface area (TPSA) is 84.9 Å². The van der Waals surface area contributed by atoms with Gasteiger partial charge in [-0.25, -0.2) is 8.42 Å². The van der Waals surface area contributed by atoms with Crippen molar-refractivity contribution in [3.63, 3.8) is 0 Å². The number of benzene rings is 3. The Balaban J connectivity index is 1.91. The third kappa shape index (κ3) is 5.97. The summed E-state index contributed by atoms with van der Waals surface area (Å²) in [5, 5.41) is 3.24. The molecule has 9 heteroatoms. The van der Waals surface area contributed by atoms with E-state index in [0.717, 1.165) is 15.4 Å². The van der Waals surface area contributed by atoms with Crippen LogP contribution in [0, 0.1) is 6.92 Å². The molecule has 0 aliphatic rings. The smallest absolute Gasteiger partial charge is 0.264 e. The molecule has 0 atom stereocenters. The van der Waals surface area contributed by atoms with Gasteiger partial charge in [-0.3, -0.25) is 9.10 Å². The van der Waals surface area contributed by atoms with Crippen molar-refractivity contribution in [2.45, 2.75) is 18.4 Å². The molecule has 0 saturated carbocycles. The summed E-state index contributed by atoms with van der Waals surface area (Å²) < 4.78 is 38.6. The maximum atomic E-state index is 13.6. The Morgan fingerprint density at radius 1 is 0.970 bits per heavy atom. The fourth-order valence-electron chi connectivity index (χ4n) is 3.24. The van der Waals surface area contributed by atoms with Gasteiger partial charge in [-0.1, -0.05) is 41.4 Å². The van der Waals surface area contributed by atoms with E-state index in [4.69, 9.17) is 21.1 Å². The zero-order chi connectivity index (χ0) is 24.0. The van der Waals surface area contributed by atoms with Crippen LogP contribution in [0.25, 0.3) is 0 Å². The van der Waals surface area contributed by atoms with Crippen molar-refractivity contribution in [1.82, 2.24) is 5.32 Å². The van der Waals surface area contributed by atoms with Gasteiger partial charge in [-0.2, -0.15) is 0 Å². The number of hydrogen-bond acceptors (Lipinski definition) is 5. The van der Waals surface area contributed by atoms with Gasteiger partial charge in [-0.15, -0.1) is 0 Å². The molecule has 174 valence electrons. The van der Waals surface area contributed by atoms with Crippen molar-refractivity contribution in [2.24, 2.45) is 0 Å². The number of sulfonamides is 1. The maximum Gasteiger partial charge on any atom is 0.264 e. The molecule has 3 rings (SSSR count). The molecule has 1 N–H and O–H groups in total. The minimum absolute atomic E-state index is 0.0402. The van der Waals surface area contributed by atoms with Gasteiger partial charge in [0.25, 0.3) is 10.0 Å². The van der Waals surface area contributed by atoms with Crippen molar-refractivity contribution in [3.8, 4) is 11.5 Å². The lowest BCUT2D eigenvalue weighted by Gasteiger charge is -2.24. The Kier molecular flexibility index (Phi) is 7.84. The monoisotopic (exact) mass is 488 g/mol. The molecule has 0 bridgehead atoms. The van der Waals surface area contributed by atoms with Crippen molar-refractivity contribution >= 4 is 33.2 Å².